The standard InChI is InChI=1S/C18H13FN2O3/c19-14-8-6-13(7-9-14)11-16-18(23)21(24)17(22)15(20-16)10-12-4-2-1-3-5-12/h1-9,11,24H,10H2/b16-11-. The van der Waals surface area contributed by atoms with Gasteiger partial charge < -0.3 is 0 Å². The number of imide groups is 1. The molecule has 2 aromatic carbocycles. The zero-order chi connectivity index (χ0) is 17.1. The van der Waals surface area contributed by atoms with Gasteiger partial charge in [-0.05, 0) is 29.3 Å². The Hall–Kier alpha value is -3.12. The Kier molecular flexibility index (Phi) is 4.31. The minimum absolute atomic E-state index is 0.0525. The van der Waals surface area contributed by atoms with Crippen molar-refractivity contribution in [2.24, 2.45) is 4.99 Å². The lowest BCUT2D eigenvalue weighted by Gasteiger charge is -2.20. The number of hydrogen-bond donors (Lipinski definition) is 1. The number of amides is 2. The summed E-state index contributed by atoms with van der Waals surface area (Å²) in [7, 11) is 0. The first-order valence-electron chi connectivity index (χ1n) is 7.21. The molecular formula is C18H13FN2O3. The number of carbonyl (C=O) groups excluding carboxylic acids is 2. The summed E-state index contributed by atoms with van der Waals surface area (Å²) >= 11 is 0. The molecule has 0 fully saturated rings. The summed E-state index contributed by atoms with van der Waals surface area (Å²) in [6, 6.07) is 14.6. The van der Waals surface area contributed by atoms with Gasteiger partial charge in [-0.25, -0.2) is 9.38 Å². The number of aliphatic imine (C=N–C) groups is 1. The predicted octanol–water partition coefficient (Wildman–Crippen LogP) is 2.61. The first-order chi connectivity index (χ1) is 11.5. The number of halogens is 1. The van der Waals surface area contributed by atoms with Crippen LogP contribution in [0, 0.1) is 5.82 Å². The van der Waals surface area contributed by atoms with Gasteiger partial charge in [0, 0.05) is 6.42 Å². The maximum absolute atomic E-state index is 13.0. The molecule has 6 heteroatoms. The third kappa shape index (κ3) is 3.28. The van der Waals surface area contributed by atoms with Crippen molar-refractivity contribution in [1.82, 2.24) is 5.06 Å². The highest BCUT2D eigenvalue weighted by Gasteiger charge is 2.32. The molecule has 5 nitrogen and oxygen atoms in total. The van der Waals surface area contributed by atoms with E-state index in [4.69, 9.17) is 0 Å². The first kappa shape index (κ1) is 15.8. The van der Waals surface area contributed by atoms with Crippen LogP contribution in [-0.2, 0) is 16.0 Å². The van der Waals surface area contributed by atoms with Gasteiger partial charge in [0.1, 0.15) is 17.2 Å². The summed E-state index contributed by atoms with van der Waals surface area (Å²) in [5.74, 6) is -2.17. The van der Waals surface area contributed by atoms with Gasteiger partial charge in [-0.3, -0.25) is 14.8 Å². The van der Waals surface area contributed by atoms with Crippen molar-refractivity contribution in [3.63, 3.8) is 0 Å². The minimum Gasteiger partial charge on any atom is -0.278 e. The Morgan fingerprint density at radius 2 is 1.67 bits per heavy atom. The van der Waals surface area contributed by atoms with E-state index in [9.17, 15) is 19.2 Å². The van der Waals surface area contributed by atoms with E-state index in [0.29, 0.717) is 5.56 Å². The first-order valence-corrected chi connectivity index (χ1v) is 7.21. The minimum atomic E-state index is -0.916. The molecule has 0 unspecified atom stereocenters. The summed E-state index contributed by atoms with van der Waals surface area (Å²) in [4.78, 5) is 28.1. The predicted molar refractivity (Wildman–Crippen MR) is 85.6 cm³/mol. The molecule has 24 heavy (non-hydrogen) atoms. The van der Waals surface area contributed by atoms with Crippen molar-refractivity contribution in [3.05, 3.63) is 77.2 Å². The SMILES string of the molecule is O=C1C(Cc2ccccc2)=N/C(=C\c2ccc(F)cc2)C(=O)N1O. The van der Waals surface area contributed by atoms with Crippen LogP contribution in [0.1, 0.15) is 11.1 Å². The van der Waals surface area contributed by atoms with Crippen LogP contribution in [0.3, 0.4) is 0 Å². The zero-order valence-corrected chi connectivity index (χ0v) is 12.5. The Balaban J connectivity index is 1.96. The molecule has 0 aromatic heterocycles. The van der Waals surface area contributed by atoms with Gasteiger partial charge in [0.2, 0.25) is 0 Å². The van der Waals surface area contributed by atoms with Gasteiger partial charge in [0.05, 0.1) is 0 Å². The second kappa shape index (κ2) is 6.55. The fraction of sp³-hybridized carbons (Fsp3) is 0.0556. The summed E-state index contributed by atoms with van der Waals surface area (Å²) in [6.07, 6.45) is 1.58. The van der Waals surface area contributed by atoms with Gasteiger partial charge in [-0.15, -0.1) is 5.06 Å². The van der Waals surface area contributed by atoms with Crippen LogP contribution in [0.4, 0.5) is 4.39 Å². The fourth-order valence-electron chi connectivity index (χ4n) is 2.28. The molecular weight excluding hydrogens is 311 g/mol. The van der Waals surface area contributed by atoms with Crippen LogP contribution in [0.25, 0.3) is 6.08 Å². The lowest BCUT2D eigenvalue weighted by molar-refractivity contribution is -0.171. The second-order valence-corrected chi connectivity index (χ2v) is 5.22. The molecule has 0 saturated heterocycles. The molecule has 0 atom stereocenters. The van der Waals surface area contributed by atoms with Crippen molar-refractivity contribution < 1.29 is 19.2 Å². The Morgan fingerprint density at radius 1 is 1.00 bits per heavy atom. The number of hydrogen-bond acceptors (Lipinski definition) is 4. The van der Waals surface area contributed by atoms with Gasteiger partial charge in [0.15, 0.2) is 0 Å². The molecule has 1 aliphatic rings. The third-order valence-electron chi connectivity index (χ3n) is 3.49. The zero-order valence-electron chi connectivity index (χ0n) is 12.5. The van der Waals surface area contributed by atoms with Crippen molar-refractivity contribution in [1.29, 1.82) is 0 Å². The summed E-state index contributed by atoms with van der Waals surface area (Å²) < 4.78 is 13.0. The molecule has 0 spiro atoms. The molecule has 2 amide bonds. The van der Waals surface area contributed by atoms with Gasteiger partial charge in [-0.1, -0.05) is 42.5 Å². The topological polar surface area (TPSA) is 70.0 Å². The highest BCUT2D eigenvalue weighted by atomic mass is 19.1. The third-order valence-corrected chi connectivity index (χ3v) is 3.49. The molecule has 0 bridgehead atoms. The van der Waals surface area contributed by atoms with Gasteiger partial charge >= 0.3 is 5.91 Å². The van der Waals surface area contributed by atoms with E-state index in [1.165, 1.54) is 30.3 Å². The van der Waals surface area contributed by atoms with E-state index in [2.05, 4.69) is 4.99 Å². The average molecular weight is 324 g/mol. The molecule has 120 valence electrons. The number of hydroxylamine groups is 2. The van der Waals surface area contributed by atoms with E-state index in [-0.39, 0.29) is 22.9 Å². The summed E-state index contributed by atoms with van der Waals surface area (Å²) in [6.45, 7) is 0. The Morgan fingerprint density at radius 3 is 2.33 bits per heavy atom. The van der Waals surface area contributed by atoms with E-state index in [1.807, 2.05) is 30.3 Å². The van der Waals surface area contributed by atoms with Crippen molar-refractivity contribution in [2.75, 3.05) is 0 Å². The van der Waals surface area contributed by atoms with Gasteiger partial charge in [-0.2, -0.15) is 0 Å². The van der Waals surface area contributed by atoms with Crippen molar-refractivity contribution in [2.45, 2.75) is 6.42 Å². The number of benzene rings is 2. The van der Waals surface area contributed by atoms with Crippen molar-refractivity contribution in [3.8, 4) is 0 Å². The van der Waals surface area contributed by atoms with Gasteiger partial charge in [0.25, 0.3) is 5.91 Å². The quantitative estimate of drug-likeness (QED) is 0.536. The van der Waals surface area contributed by atoms with Crippen LogP contribution in [0.5, 0.6) is 0 Å². The molecule has 0 saturated carbocycles. The second-order valence-electron chi connectivity index (χ2n) is 5.22. The molecule has 3 rings (SSSR count). The van der Waals surface area contributed by atoms with E-state index in [0.717, 1.165) is 5.56 Å². The molecule has 1 N–H and O–H groups in total. The summed E-state index contributed by atoms with van der Waals surface area (Å²) in [5.41, 5.74) is 1.32. The highest BCUT2D eigenvalue weighted by Crippen LogP contribution is 2.17. The molecule has 1 aliphatic heterocycles. The molecule has 1 heterocycles. The number of nitrogens with zero attached hydrogens (tertiary/aromatic N) is 2. The number of rotatable bonds is 3. The highest BCUT2D eigenvalue weighted by molar-refractivity contribution is 6.44. The lowest BCUT2D eigenvalue weighted by Crippen LogP contribution is -2.43. The summed E-state index contributed by atoms with van der Waals surface area (Å²) in [5, 5.41) is 9.80. The van der Waals surface area contributed by atoms with Crippen LogP contribution >= 0.6 is 0 Å². The van der Waals surface area contributed by atoms with E-state index < -0.39 is 17.6 Å². The monoisotopic (exact) mass is 324 g/mol. The Bertz CT molecular complexity index is 842. The van der Waals surface area contributed by atoms with Crippen molar-refractivity contribution >= 4 is 23.6 Å². The maximum Gasteiger partial charge on any atom is 0.303 e. The smallest absolute Gasteiger partial charge is 0.278 e. The van der Waals surface area contributed by atoms with Crippen LogP contribution in [0.15, 0.2) is 65.3 Å². The number of carbonyl (C=O) groups is 2. The lowest BCUT2D eigenvalue weighted by atomic mass is 10.1. The fourth-order valence-corrected chi connectivity index (χ4v) is 2.28. The van der Waals surface area contributed by atoms with E-state index in [1.54, 1.807) is 0 Å². The maximum atomic E-state index is 13.0. The van der Waals surface area contributed by atoms with Crippen LogP contribution in [-0.4, -0.2) is 27.8 Å². The van der Waals surface area contributed by atoms with E-state index >= 15 is 0 Å². The van der Waals surface area contributed by atoms with Crippen LogP contribution < -0.4 is 0 Å². The molecule has 0 radical (unpaired) electrons. The Labute approximate surface area is 137 Å². The largest absolute Gasteiger partial charge is 0.303 e. The van der Waals surface area contributed by atoms with Crippen LogP contribution in [0.2, 0.25) is 0 Å². The normalized spacial score (nSPS) is 16.5. The molecule has 0 aliphatic carbocycles. The molecule has 2 aromatic rings. The average Bonchev–Trinajstić information content (AvgIpc) is 2.60.